The summed E-state index contributed by atoms with van der Waals surface area (Å²) in [6.45, 7) is 4.70. The number of rotatable bonds is 1. The molecule has 0 bridgehead atoms. The van der Waals surface area contributed by atoms with E-state index in [1.165, 1.54) is 51.6 Å². The molecule has 0 unspecified atom stereocenters. The first-order valence-electron chi connectivity index (χ1n) is 5.72. The molecule has 1 heterocycles. The fraction of sp³-hybridized carbons (Fsp3) is 0.833. The Hall–Kier alpha value is -0.460. The van der Waals surface area contributed by atoms with Crippen molar-refractivity contribution in [3.05, 3.63) is 12.3 Å². The van der Waals surface area contributed by atoms with Gasteiger partial charge in [0.05, 0.1) is 0 Å². The van der Waals surface area contributed by atoms with Gasteiger partial charge in [-0.15, -0.1) is 0 Å². The summed E-state index contributed by atoms with van der Waals surface area (Å²) in [6, 6.07) is 0. The summed E-state index contributed by atoms with van der Waals surface area (Å²) in [5.41, 5.74) is 0.776. The van der Waals surface area contributed by atoms with Gasteiger partial charge in [0.25, 0.3) is 0 Å². The molecule has 1 nitrogen and oxygen atoms in total. The van der Waals surface area contributed by atoms with Gasteiger partial charge >= 0.3 is 0 Å². The molecular formula is C12H21N. The van der Waals surface area contributed by atoms with Crippen LogP contribution >= 0.6 is 0 Å². The lowest BCUT2D eigenvalue weighted by Crippen LogP contribution is -2.35. The molecule has 2 rings (SSSR count). The van der Waals surface area contributed by atoms with Crippen LogP contribution in [0, 0.1) is 5.41 Å². The Morgan fingerprint density at radius 2 is 1.62 bits per heavy atom. The molecule has 74 valence electrons. The van der Waals surface area contributed by atoms with Gasteiger partial charge in [-0.25, -0.2) is 0 Å². The topological polar surface area (TPSA) is 3.24 Å². The maximum absolute atomic E-state index is 2.48. The van der Waals surface area contributed by atoms with E-state index in [1.807, 2.05) is 0 Å². The van der Waals surface area contributed by atoms with Crippen molar-refractivity contribution in [2.24, 2.45) is 5.41 Å². The number of hydrogen-bond acceptors (Lipinski definition) is 1. The highest BCUT2D eigenvalue weighted by Crippen LogP contribution is 2.46. The third-order valence-corrected chi connectivity index (χ3v) is 3.88. The van der Waals surface area contributed by atoms with Crippen LogP contribution < -0.4 is 0 Å². The smallest absolute Gasteiger partial charge is 0.0177 e. The first-order valence-corrected chi connectivity index (χ1v) is 5.72. The fourth-order valence-corrected chi connectivity index (χ4v) is 2.98. The predicted molar refractivity (Wildman–Crippen MR) is 56.5 cm³/mol. The van der Waals surface area contributed by atoms with E-state index >= 15 is 0 Å². The summed E-state index contributed by atoms with van der Waals surface area (Å²) in [7, 11) is 0. The van der Waals surface area contributed by atoms with Crippen LogP contribution in [0.2, 0.25) is 0 Å². The lowest BCUT2D eigenvalue weighted by Gasteiger charge is -2.39. The average Bonchev–Trinajstić information content (AvgIpc) is 2.59. The fourth-order valence-electron chi connectivity index (χ4n) is 2.98. The van der Waals surface area contributed by atoms with Gasteiger partial charge in [0.15, 0.2) is 0 Å². The molecule has 0 N–H and O–H groups in total. The van der Waals surface area contributed by atoms with Crippen molar-refractivity contribution in [1.82, 2.24) is 4.90 Å². The summed E-state index contributed by atoms with van der Waals surface area (Å²) >= 11 is 0. The maximum atomic E-state index is 2.48. The Morgan fingerprint density at radius 1 is 1.00 bits per heavy atom. The van der Waals surface area contributed by atoms with Crippen LogP contribution in [0.15, 0.2) is 12.3 Å². The molecule has 0 radical (unpaired) electrons. The second-order valence-corrected chi connectivity index (χ2v) is 4.73. The van der Waals surface area contributed by atoms with E-state index in [4.69, 9.17) is 0 Å². The van der Waals surface area contributed by atoms with Gasteiger partial charge in [-0.2, -0.15) is 0 Å². The van der Waals surface area contributed by atoms with Crippen LogP contribution in [0.5, 0.6) is 0 Å². The molecule has 1 spiro atoms. The molecule has 1 saturated heterocycles. The second-order valence-electron chi connectivity index (χ2n) is 4.73. The van der Waals surface area contributed by atoms with Gasteiger partial charge in [0.2, 0.25) is 0 Å². The van der Waals surface area contributed by atoms with Gasteiger partial charge in [0.1, 0.15) is 0 Å². The van der Waals surface area contributed by atoms with E-state index in [-0.39, 0.29) is 0 Å². The quantitative estimate of drug-likeness (QED) is 0.597. The molecule has 0 amide bonds. The van der Waals surface area contributed by atoms with Gasteiger partial charge in [-0.05, 0) is 44.2 Å². The van der Waals surface area contributed by atoms with E-state index in [1.54, 1.807) is 0 Å². The number of piperidine rings is 1. The minimum atomic E-state index is 0.776. The van der Waals surface area contributed by atoms with Crippen molar-refractivity contribution in [2.75, 3.05) is 13.1 Å². The highest BCUT2D eigenvalue weighted by molar-refractivity contribution is 4.92. The molecule has 13 heavy (non-hydrogen) atoms. The lowest BCUT2D eigenvalue weighted by atomic mass is 9.77. The van der Waals surface area contributed by atoms with Gasteiger partial charge in [-0.3, -0.25) is 0 Å². The van der Waals surface area contributed by atoms with E-state index in [9.17, 15) is 0 Å². The van der Waals surface area contributed by atoms with Gasteiger partial charge in [-0.1, -0.05) is 18.9 Å². The Bertz CT molecular complexity index is 179. The summed E-state index contributed by atoms with van der Waals surface area (Å²) in [4.78, 5) is 2.48. The number of hydrogen-bond donors (Lipinski definition) is 0. The number of likely N-dealkylation sites (tertiary alicyclic amines) is 1. The predicted octanol–water partition coefficient (Wildman–Crippen LogP) is 3.18. The highest BCUT2D eigenvalue weighted by atomic mass is 15.1. The Labute approximate surface area is 81.8 Å². The third kappa shape index (κ3) is 1.90. The van der Waals surface area contributed by atoms with Crippen LogP contribution in [0.1, 0.15) is 45.4 Å². The van der Waals surface area contributed by atoms with E-state index in [2.05, 4.69) is 24.1 Å². The van der Waals surface area contributed by atoms with E-state index in [0.717, 1.165) is 5.41 Å². The normalized spacial score (nSPS) is 27.6. The van der Waals surface area contributed by atoms with Crippen LogP contribution in [0.25, 0.3) is 0 Å². The maximum Gasteiger partial charge on any atom is 0.0177 e. The van der Waals surface area contributed by atoms with Crippen molar-refractivity contribution in [3.63, 3.8) is 0 Å². The average molecular weight is 179 g/mol. The Kier molecular flexibility index (Phi) is 2.61. The van der Waals surface area contributed by atoms with Gasteiger partial charge in [0, 0.05) is 13.1 Å². The summed E-state index contributed by atoms with van der Waals surface area (Å²) < 4.78 is 0. The SMILES string of the molecule is C/C=C\N1CCC2(CCCC2)CC1. The largest absolute Gasteiger partial charge is 0.378 e. The van der Waals surface area contributed by atoms with Crippen LogP contribution in [0.3, 0.4) is 0 Å². The molecular weight excluding hydrogens is 158 g/mol. The van der Waals surface area contributed by atoms with Gasteiger partial charge < -0.3 is 4.90 Å². The molecule has 0 aromatic carbocycles. The minimum absolute atomic E-state index is 0.776. The molecule has 2 aliphatic rings. The molecule has 0 atom stereocenters. The standard InChI is InChI=1S/C12H21N/c1-2-9-13-10-7-12(8-11-13)5-3-4-6-12/h2,9H,3-8,10-11H2,1H3/b9-2-. The molecule has 2 fully saturated rings. The Balaban J connectivity index is 1.88. The van der Waals surface area contributed by atoms with Crippen molar-refractivity contribution in [2.45, 2.75) is 45.4 Å². The second kappa shape index (κ2) is 3.73. The molecule has 0 aromatic rings. The van der Waals surface area contributed by atoms with Crippen LogP contribution in [-0.2, 0) is 0 Å². The Morgan fingerprint density at radius 3 is 2.15 bits per heavy atom. The van der Waals surface area contributed by atoms with Crippen molar-refractivity contribution in [1.29, 1.82) is 0 Å². The monoisotopic (exact) mass is 179 g/mol. The molecule has 1 saturated carbocycles. The molecule has 0 aromatic heterocycles. The lowest BCUT2D eigenvalue weighted by molar-refractivity contribution is 0.141. The summed E-state index contributed by atoms with van der Waals surface area (Å²) in [5, 5.41) is 0. The van der Waals surface area contributed by atoms with Crippen LogP contribution in [-0.4, -0.2) is 18.0 Å². The van der Waals surface area contributed by atoms with Crippen molar-refractivity contribution in [3.8, 4) is 0 Å². The van der Waals surface area contributed by atoms with Crippen LogP contribution in [0.4, 0.5) is 0 Å². The minimum Gasteiger partial charge on any atom is -0.378 e. The van der Waals surface area contributed by atoms with Crippen molar-refractivity contribution < 1.29 is 0 Å². The zero-order valence-electron chi connectivity index (χ0n) is 8.76. The summed E-state index contributed by atoms with van der Waals surface area (Å²) in [5.74, 6) is 0. The first-order chi connectivity index (χ1) is 6.35. The first kappa shape index (κ1) is 9.11. The number of nitrogens with zero attached hydrogens (tertiary/aromatic N) is 1. The molecule has 1 aliphatic heterocycles. The molecule has 1 heteroatoms. The zero-order valence-corrected chi connectivity index (χ0v) is 8.76. The zero-order chi connectivity index (χ0) is 9.15. The van der Waals surface area contributed by atoms with Crippen molar-refractivity contribution >= 4 is 0 Å². The summed E-state index contributed by atoms with van der Waals surface area (Å²) in [6.07, 6.45) is 13.3. The molecule has 1 aliphatic carbocycles. The highest BCUT2D eigenvalue weighted by Gasteiger charge is 2.36. The van der Waals surface area contributed by atoms with E-state index in [0.29, 0.717) is 0 Å². The third-order valence-electron chi connectivity index (χ3n) is 3.88. The van der Waals surface area contributed by atoms with E-state index < -0.39 is 0 Å². The number of allylic oxidation sites excluding steroid dienone is 1.